The molecule has 90 valence electrons. The van der Waals surface area contributed by atoms with E-state index in [1.807, 2.05) is 6.07 Å². The van der Waals surface area contributed by atoms with Crippen molar-refractivity contribution in [2.24, 2.45) is 0 Å². The van der Waals surface area contributed by atoms with Gasteiger partial charge < -0.3 is 10.4 Å². The van der Waals surface area contributed by atoms with Gasteiger partial charge in [0.15, 0.2) is 0 Å². The molecule has 0 saturated heterocycles. The van der Waals surface area contributed by atoms with E-state index in [0.717, 1.165) is 4.90 Å². The monoisotopic (exact) mass is 271 g/mol. The summed E-state index contributed by atoms with van der Waals surface area (Å²) >= 11 is 7.32. The van der Waals surface area contributed by atoms with Crippen LogP contribution < -0.4 is 5.32 Å². The summed E-state index contributed by atoms with van der Waals surface area (Å²) in [7, 11) is 0. The lowest BCUT2D eigenvalue weighted by molar-refractivity contribution is -0.137. The summed E-state index contributed by atoms with van der Waals surface area (Å²) in [6.07, 6.45) is 0.304. The fourth-order valence-corrected chi connectivity index (χ4v) is 3.00. The van der Waals surface area contributed by atoms with Gasteiger partial charge in [-0.3, -0.25) is 9.59 Å². The van der Waals surface area contributed by atoms with Crippen LogP contribution in [0, 0.1) is 0 Å². The molecule has 1 aliphatic heterocycles. The van der Waals surface area contributed by atoms with Gasteiger partial charge in [-0.25, -0.2) is 0 Å². The Morgan fingerprint density at radius 1 is 1.53 bits per heavy atom. The predicted octanol–water partition coefficient (Wildman–Crippen LogP) is 2.62. The molecule has 0 bridgehead atoms. The third kappa shape index (κ3) is 2.73. The van der Waals surface area contributed by atoms with Gasteiger partial charge in [0.05, 0.1) is 16.0 Å². The number of thioether (sulfide) groups is 1. The van der Waals surface area contributed by atoms with Crippen LogP contribution in [0.5, 0.6) is 0 Å². The highest BCUT2D eigenvalue weighted by Gasteiger charge is 2.28. The molecule has 0 fully saturated rings. The Kier molecular flexibility index (Phi) is 3.59. The summed E-state index contributed by atoms with van der Waals surface area (Å²) in [6, 6.07) is 5.37. The van der Waals surface area contributed by atoms with E-state index in [1.54, 1.807) is 12.1 Å². The Morgan fingerprint density at radius 3 is 3.00 bits per heavy atom. The van der Waals surface area contributed by atoms with E-state index >= 15 is 0 Å². The summed E-state index contributed by atoms with van der Waals surface area (Å²) in [4.78, 5) is 23.1. The summed E-state index contributed by atoms with van der Waals surface area (Å²) in [6.45, 7) is 0. The number of carbonyl (C=O) groups excluding carboxylic acids is 1. The second kappa shape index (κ2) is 4.98. The van der Waals surface area contributed by atoms with Crippen molar-refractivity contribution in [3.63, 3.8) is 0 Å². The molecule has 0 aliphatic carbocycles. The van der Waals surface area contributed by atoms with E-state index in [9.17, 15) is 9.59 Å². The largest absolute Gasteiger partial charge is 0.481 e. The second-order valence-electron chi connectivity index (χ2n) is 3.64. The molecule has 0 radical (unpaired) electrons. The Bertz CT molecular complexity index is 478. The zero-order valence-corrected chi connectivity index (χ0v) is 10.3. The molecule has 2 N–H and O–H groups in total. The van der Waals surface area contributed by atoms with Gasteiger partial charge >= 0.3 is 5.97 Å². The first-order chi connectivity index (χ1) is 8.08. The SMILES string of the molecule is O=C(O)CCC1Sc2cccc(Cl)c2NC1=O. The number of amides is 1. The molecule has 17 heavy (non-hydrogen) atoms. The molecule has 4 nitrogen and oxygen atoms in total. The molecule has 1 aromatic rings. The van der Waals surface area contributed by atoms with Crippen molar-refractivity contribution in [2.75, 3.05) is 5.32 Å². The van der Waals surface area contributed by atoms with Crippen molar-refractivity contribution >= 4 is 40.9 Å². The highest BCUT2D eigenvalue weighted by Crippen LogP contribution is 2.40. The topological polar surface area (TPSA) is 66.4 Å². The zero-order chi connectivity index (χ0) is 12.4. The average molecular weight is 272 g/mol. The van der Waals surface area contributed by atoms with E-state index in [2.05, 4.69) is 5.32 Å². The van der Waals surface area contributed by atoms with Gasteiger partial charge in [-0.1, -0.05) is 17.7 Å². The first kappa shape index (κ1) is 12.3. The average Bonchev–Trinajstić information content (AvgIpc) is 2.28. The fourth-order valence-electron chi connectivity index (χ4n) is 1.58. The number of rotatable bonds is 3. The van der Waals surface area contributed by atoms with Crippen molar-refractivity contribution in [1.29, 1.82) is 0 Å². The maximum absolute atomic E-state index is 11.7. The van der Waals surface area contributed by atoms with Gasteiger partial charge in [0.1, 0.15) is 0 Å². The standard InChI is InChI=1S/C11H10ClNO3S/c12-6-2-1-3-7-10(6)13-11(16)8(17-7)4-5-9(14)15/h1-3,8H,4-5H2,(H,13,16)(H,14,15). The number of aliphatic carboxylic acids is 1. The van der Waals surface area contributed by atoms with Crippen LogP contribution in [0.25, 0.3) is 0 Å². The third-order valence-electron chi connectivity index (χ3n) is 2.41. The summed E-state index contributed by atoms with van der Waals surface area (Å²) in [5.74, 6) is -1.08. The molecule has 2 rings (SSSR count). The highest BCUT2D eigenvalue weighted by molar-refractivity contribution is 8.01. The number of benzene rings is 1. The number of carboxylic acids is 1. The Labute approximate surface area is 107 Å². The number of hydrogen-bond donors (Lipinski definition) is 2. The quantitative estimate of drug-likeness (QED) is 0.887. The molecule has 1 amide bonds. The first-order valence-electron chi connectivity index (χ1n) is 5.06. The number of hydrogen-bond acceptors (Lipinski definition) is 3. The number of fused-ring (bicyclic) bond motifs is 1. The molecule has 1 aliphatic rings. The third-order valence-corrected chi connectivity index (χ3v) is 4.05. The lowest BCUT2D eigenvalue weighted by Crippen LogP contribution is -2.29. The van der Waals surface area contributed by atoms with Crippen molar-refractivity contribution in [3.05, 3.63) is 23.2 Å². The Morgan fingerprint density at radius 2 is 2.29 bits per heavy atom. The van der Waals surface area contributed by atoms with Crippen LogP contribution in [-0.2, 0) is 9.59 Å². The van der Waals surface area contributed by atoms with Gasteiger partial charge in [0.2, 0.25) is 5.91 Å². The summed E-state index contributed by atoms with van der Waals surface area (Å²) in [5.41, 5.74) is 0.621. The number of nitrogens with one attached hydrogen (secondary N) is 1. The summed E-state index contributed by atoms with van der Waals surface area (Å²) in [5, 5.41) is 11.5. The van der Waals surface area contributed by atoms with E-state index in [0.29, 0.717) is 17.1 Å². The van der Waals surface area contributed by atoms with Crippen molar-refractivity contribution in [1.82, 2.24) is 0 Å². The van der Waals surface area contributed by atoms with Crippen LogP contribution in [0.4, 0.5) is 5.69 Å². The minimum atomic E-state index is -0.893. The number of halogens is 1. The lowest BCUT2D eigenvalue weighted by Gasteiger charge is -2.24. The van der Waals surface area contributed by atoms with Gasteiger partial charge in [-0.2, -0.15) is 0 Å². The van der Waals surface area contributed by atoms with Crippen LogP contribution >= 0.6 is 23.4 Å². The molecule has 6 heteroatoms. The van der Waals surface area contributed by atoms with E-state index in [-0.39, 0.29) is 17.6 Å². The van der Waals surface area contributed by atoms with Crippen molar-refractivity contribution in [2.45, 2.75) is 23.0 Å². The zero-order valence-electron chi connectivity index (χ0n) is 8.77. The fraction of sp³-hybridized carbons (Fsp3) is 0.273. The minimum absolute atomic E-state index is 0.0129. The molecule has 1 aromatic carbocycles. The molecule has 1 unspecified atom stereocenters. The second-order valence-corrected chi connectivity index (χ2v) is 5.29. The normalized spacial score (nSPS) is 18.4. The number of carboxylic acid groups (broad SMARTS) is 1. The van der Waals surface area contributed by atoms with Crippen LogP contribution in [0.2, 0.25) is 5.02 Å². The van der Waals surface area contributed by atoms with Crippen LogP contribution in [0.15, 0.2) is 23.1 Å². The molecule has 0 aromatic heterocycles. The van der Waals surface area contributed by atoms with Gasteiger partial charge in [0.25, 0.3) is 0 Å². The van der Waals surface area contributed by atoms with E-state index < -0.39 is 5.97 Å². The Balaban J connectivity index is 2.16. The highest BCUT2D eigenvalue weighted by atomic mass is 35.5. The van der Waals surface area contributed by atoms with Gasteiger partial charge in [-0.15, -0.1) is 11.8 Å². The van der Waals surface area contributed by atoms with Crippen LogP contribution in [0.1, 0.15) is 12.8 Å². The van der Waals surface area contributed by atoms with E-state index in [1.165, 1.54) is 11.8 Å². The number of carbonyl (C=O) groups is 2. The van der Waals surface area contributed by atoms with Gasteiger partial charge in [-0.05, 0) is 18.6 Å². The maximum atomic E-state index is 11.7. The smallest absolute Gasteiger partial charge is 0.303 e. The molecule has 0 saturated carbocycles. The number of para-hydroxylation sites is 1. The maximum Gasteiger partial charge on any atom is 0.303 e. The summed E-state index contributed by atoms with van der Waals surface area (Å²) < 4.78 is 0. The van der Waals surface area contributed by atoms with Crippen molar-refractivity contribution in [3.8, 4) is 0 Å². The molecule has 1 atom stereocenters. The van der Waals surface area contributed by atoms with Gasteiger partial charge in [0, 0.05) is 11.3 Å². The number of anilines is 1. The van der Waals surface area contributed by atoms with E-state index in [4.69, 9.17) is 16.7 Å². The minimum Gasteiger partial charge on any atom is -0.481 e. The Hall–Kier alpha value is -1.20. The molecule has 1 heterocycles. The van der Waals surface area contributed by atoms with Crippen molar-refractivity contribution < 1.29 is 14.7 Å². The van der Waals surface area contributed by atoms with Crippen LogP contribution in [-0.4, -0.2) is 22.2 Å². The lowest BCUT2D eigenvalue weighted by atomic mass is 10.2. The predicted molar refractivity (Wildman–Crippen MR) is 66.6 cm³/mol. The molecular weight excluding hydrogens is 262 g/mol. The molecular formula is C11H10ClNO3S. The van der Waals surface area contributed by atoms with Crippen LogP contribution in [0.3, 0.4) is 0 Å². The molecule has 0 spiro atoms. The first-order valence-corrected chi connectivity index (χ1v) is 6.31.